The number of H-pyrrole nitrogens is 1. The van der Waals surface area contributed by atoms with Gasteiger partial charge in [-0.25, -0.2) is 9.78 Å². The number of amides is 2. The van der Waals surface area contributed by atoms with E-state index < -0.39 is 0 Å². The Bertz CT molecular complexity index is 837. The van der Waals surface area contributed by atoms with Crippen molar-refractivity contribution in [2.75, 3.05) is 19.7 Å². The molecule has 156 valence electrons. The van der Waals surface area contributed by atoms with Crippen molar-refractivity contribution in [2.45, 2.75) is 58.0 Å². The summed E-state index contributed by atoms with van der Waals surface area (Å²) in [6, 6.07) is 8.24. The number of piperidine rings is 1. The maximum atomic E-state index is 12.7. The molecule has 7 nitrogen and oxygen atoms in total. The van der Waals surface area contributed by atoms with Crippen molar-refractivity contribution >= 4 is 23.0 Å². The van der Waals surface area contributed by atoms with Crippen LogP contribution in [-0.2, 0) is 16.0 Å². The van der Waals surface area contributed by atoms with Crippen molar-refractivity contribution in [1.29, 1.82) is 0 Å². The first-order valence-corrected chi connectivity index (χ1v) is 10.7. The summed E-state index contributed by atoms with van der Waals surface area (Å²) in [5, 5.41) is 0. The van der Waals surface area contributed by atoms with Crippen molar-refractivity contribution in [3.63, 3.8) is 0 Å². The summed E-state index contributed by atoms with van der Waals surface area (Å²) in [7, 11) is 0. The monoisotopic (exact) mass is 398 g/mol. The quantitative estimate of drug-likeness (QED) is 0.809. The van der Waals surface area contributed by atoms with Gasteiger partial charge in [0, 0.05) is 32.0 Å². The molecule has 2 saturated heterocycles. The van der Waals surface area contributed by atoms with Crippen LogP contribution < -0.4 is 0 Å². The molecule has 2 aliphatic rings. The lowest BCUT2D eigenvalue weighted by Crippen LogP contribution is -2.50. The average molecular weight is 399 g/mol. The predicted octanol–water partition coefficient (Wildman–Crippen LogP) is 3.35. The normalized spacial score (nSPS) is 20.7. The zero-order valence-corrected chi connectivity index (χ0v) is 17.3. The highest BCUT2D eigenvalue weighted by molar-refractivity contribution is 5.77. The van der Waals surface area contributed by atoms with E-state index in [1.54, 1.807) is 0 Å². The molecule has 0 radical (unpaired) electrons. The Labute approximate surface area is 171 Å². The van der Waals surface area contributed by atoms with Gasteiger partial charge in [0.1, 0.15) is 12.4 Å². The molecular weight excluding hydrogens is 368 g/mol. The zero-order chi connectivity index (χ0) is 20.4. The minimum Gasteiger partial charge on any atom is -0.447 e. The third-order valence-corrected chi connectivity index (χ3v) is 5.97. The molecule has 0 aliphatic carbocycles. The lowest BCUT2D eigenvalue weighted by atomic mass is 9.98. The number of rotatable bonds is 6. The topological polar surface area (TPSA) is 78.5 Å². The number of ether oxygens (including phenoxy) is 1. The highest BCUT2D eigenvalue weighted by Crippen LogP contribution is 2.27. The first-order valence-electron chi connectivity index (χ1n) is 10.7. The van der Waals surface area contributed by atoms with Crippen LogP contribution in [0.25, 0.3) is 11.0 Å². The van der Waals surface area contributed by atoms with Crippen LogP contribution in [0.15, 0.2) is 24.3 Å². The smallest absolute Gasteiger partial charge is 0.410 e. The second kappa shape index (κ2) is 8.43. The van der Waals surface area contributed by atoms with Gasteiger partial charge in [0.05, 0.1) is 17.1 Å². The van der Waals surface area contributed by atoms with Gasteiger partial charge >= 0.3 is 6.09 Å². The first kappa shape index (κ1) is 19.7. The number of hydrogen-bond acceptors (Lipinski definition) is 4. The number of carbonyl (C=O) groups excluding carboxylic acids is 2. The molecule has 29 heavy (non-hydrogen) atoms. The number of nitrogens with one attached hydrogen (secondary N) is 1. The molecule has 0 saturated carbocycles. The van der Waals surface area contributed by atoms with E-state index in [1.807, 2.05) is 34.1 Å². The summed E-state index contributed by atoms with van der Waals surface area (Å²) in [5.74, 6) is 1.54. The number of aryl methyl sites for hydroxylation is 1. The SMILES string of the molecule is CC(C)CC1COC(=O)N1C1CCN(C(=O)CCc2nc3ccccc3[nH]2)CC1. The van der Waals surface area contributed by atoms with E-state index in [1.165, 1.54) is 0 Å². The maximum Gasteiger partial charge on any atom is 0.410 e. The third kappa shape index (κ3) is 4.38. The minimum atomic E-state index is -0.190. The molecule has 0 spiro atoms. The first-order chi connectivity index (χ1) is 14.0. The van der Waals surface area contributed by atoms with Gasteiger partial charge < -0.3 is 14.6 Å². The Morgan fingerprint density at radius 1 is 1.28 bits per heavy atom. The molecule has 2 fully saturated rings. The molecule has 2 aromatic rings. The maximum absolute atomic E-state index is 12.7. The fraction of sp³-hybridized carbons (Fsp3) is 0.591. The number of aromatic nitrogens is 2. The lowest BCUT2D eigenvalue weighted by Gasteiger charge is -2.38. The standard InChI is InChI=1S/C22H30N4O3/c1-15(2)13-17-14-29-22(28)26(17)16-9-11-25(12-10-16)21(27)8-7-20-23-18-5-3-4-6-19(18)24-20/h3-6,15-17H,7-14H2,1-2H3,(H,23,24). The summed E-state index contributed by atoms with van der Waals surface area (Å²) in [6.07, 6.45) is 3.47. The van der Waals surface area contributed by atoms with Crippen LogP contribution in [-0.4, -0.2) is 63.5 Å². The molecule has 0 bridgehead atoms. The Morgan fingerprint density at radius 2 is 2.03 bits per heavy atom. The number of hydrogen-bond donors (Lipinski definition) is 1. The summed E-state index contributed by atoms with van der Waals surface area (Å²) >= 11 is 0. The molecule has 1 aromatic carbocycles. The average Bonchev–Trinajstić information content (AvgIpc) is 3.29. The van der Waals surface area contributed by atoms with E-state index in [0.717, 1.165) is 36.1 Å². The van der Waals surface area contributed by atoms with E-state index in [4.69, 9.17) is 4.74 Å². The van der Waals surface area contributed by atoms with Crippen LogP contribution in [0, 0.1) is 5.92 Å². The Morgan fingerprint density at radius 3 is 2.76 bits per heavy atom. The second-order valence-electron chi connectivity index (χ2n) is 8.58. The molecular formula is C22H30N4O3. The number of para-hydroxylation sites is 2. The van der Waals surface area contributed by atoms with Gasteiger partial charge in [0.2, 0.25) is 5.91 Å². The highest BCUT2D eigenvalue weighted by atomic mass is 16.6. The number of cyclic esters (lactones) is 1. The van der Waals surface area contributed by atoms with Gasteiger partial charge in [-0.3, -0.25) is 9.69 Å². The molecule has 1 aromatic heterocycles. The van der Waals surface area contributed by atoms with Crippen molar-refractivity contribution in [2.24, 2.45) is 5.92 Å². The number of fused-ring (bicyclic) bond motifs is 1. The Balaban J connectivity index is 1.28. The number of carbonyl (C=O) groups is 2. The second-order valence-corrected chi connectivity index (χ2v) is 8.58. The van der Waals surface area contributed by atoms with Crippen LogP contribution in [0.1, 0.15) is 45.4 Å². The zero-order valence-electron chi connectivity index (χ0n) is 17.3. The van der Waals surface area contributed by atoms with Gasteiger partial charge in [0.15, 0.2) is 0 Å². The van der Waals surface area contributed by atoms with Crippen molar-refractivity contribution in [3.05, 3.63) is 30.1 Å². The highest BCUT2D eigenvalue weighted by Gasteiger charge is 2.39. The fourth-order valence-corrected chi connectivity index (χ4v) is 4.55. The number of aromatic amines is 1. The number of likely N-dealkylation sites (tertiary alicyclic amines) is 1. The van der Waals surface area contributed by atoms with Crippen LogP contribution in [0.2, 0.25) is 0 Å². The van der Waals surface area contributed by atoms with Crippen LogP contribution >= 0.6 is 0 Å². The molecule has 7 heteroatoms. The van der Waals surface area contributed by atoms with E-state index in [9.17, 15) is 9.59 Å². The van der Waals surface area contributed by atoms with Gasteiger partial charge in [-0.1, -0.05) is 26.0 Å². The van der Waals surface area contributed by atoms with Crippen LogP contribution in [0.3, 0.4) is 0 Å². The van der Waals surface area contributed by atoms with Crippen molar-refractivity contribution < 1.29 is 14.3 Å². The fourth-order valence-electron chi connectivity index (χ4n) is 4.55. The molecule has 4 rings (SSSR count). The number of benzene rings is 1. The van der Waals surface area contributed by atoms with Crippen molar-refractivity contribution in [3.8, 4) is 0 Å². The molecule has 1 atom stereocenters. The predicted molar refractivity (Wildman–Crippen MR) is 110 cm³/mol. The van der Waals surface area contributed by atoms with Gasteiger partial charge in [-0.15, -0.1) is 0 Å². The van der Waals surface area contributed by atoms with Gasteiger partial charge in [-0.2, -0.15) is 0 Å². The van der Waals surface area contributed by atoms with Gasteiger partial charge in [-0.05, 0) is 37.3 Å². The summed E-state index contributed by atoms with van der Waals surface area (Å²) in [5.41, 5.74) is 1.94. The number of imidazole rings is 1. The molecule has 1 N–H and O–H groups in total. The molecule has 1 unspecified atom stereocenters. The van der Waals surface area contributed by atoms with E-state index >= 15 is 0 Å². The molecule has 2 aliphatic heterocycles. The molecule has 3 heterocycles. The number of nitrogens with zero attached hydrogens (tertiary/aromatic N) is 3. The minimum absolute atomic E-state index is 0.159. The van der Waals surface area contributed by atoms with E-state index in [-0.39, 0.29) is 24.1 Å². The Hall–Kier alpha value is -2.57. The Kier molecular flexibility index (Phi) is 5.74. The van der Waals surface area contributed by atoms with Crippen LogP contribution in [0.4, 0.5) is 4.79 Å². The van der Waals surface area contributed by atoms with Crippen LogP contribution in [0.5, 0.6) is 0 Å². The van der Waals surface area contributed by atoms with E-state index in [2.05, 4.69) is 23.8 Å². The molecule has 2 amide bonds. The lowest BCUT2D eigenvalue weighted by molar-refractivity contribution is -0.132. The summed E-state index contributed by atoms with van der Waals surface area (Å²) < 4.78 is 5.32. The van der Waals surface area contributed by atoms with Crippen molar-refractivity contribution in [1.82, 2.24) is 19.8 Å². The summed E-state index contributed by atoms with van der Waals surface area (Å²) in [4.78, 5) is 36.6. The van der Waals surface area contributed by atoms with E-state index in [0.29, 0.717) is 38.5 Å². The third-order valence-electron chi connectivity index (χ3n) is 5.97. The largest absolute Gasteiger partial charge is 0.447 e. The summed E-state index contributed by atoms with van der Waals surface area (Å²) in [6.45, 7) is 6.23. The van der Waals surface area contributed by atoms with Gasteiger partial charge in [0.25, 0.3) is 0 Å².